The molecule has 25 heavy (non-hydrogen) atoms. The summed E-state index contributed by atoms with van der Waals surface area (Å²) in [5.41, 5.74) is 1.46. The van der Waals surface area contributed by atoms with Gasteiger partial charge in [0.25, 0.3) is 0 Å². The fourth-order valence-corrected chi connectivity index (χ4v) is 3.07. The van der Waals surface area contributed by atoms with Crippen LogP contribution in [0.4, 0.5) is 18.3 Å². The molecule has 0 unspecified atom stereocenters. The monoisotopic (exact) mass is 366 g/mol. The van der Waals surface area contributed by atoms with Crippen molar-refractivity contribution in [1.82, 2.24) is 4.98 Å². The number of ether oxygens (including phenoxy) is 1. The number of rotatable bonds is 5. The minimum Gasteiger partial charge on any atom is -0.484 e. The third-order valence-corrected chi connectivity index (χ3v) is 4.15. The van der Waals surface area contributed by atoms with Gasteiger partial charge in [-0.05, 0) is 23.8 Å². The Morgan fingerprint density at radius 3 is 2.64 bits per heavy atom. The minimum atomic E-state index is -4.39. The maximum absolute atomic E-state index is 12.2. The van der Waals surface area contributed by atoms with Crippen LogP contribution in [0.2, 0.25) is 0 Å². The highest BCUT2D eigenvalue weighted by molar-refractivity contribution is 7.22. The van der Waals surface area contributed by atoms with Gasteiger partial charge in [0.1, 0.15) is 5.75 Å². The van der Waals surface area contributed by atoms with Crippen LogP contribution in [0.15, 0.2) is 48.5 Å². The number of hydrogen-bond acceptors (Lipinski definition) is 4. The number of hydrogen-bond donors (Lipinski definition) is 1. The fourth-order valence-electron chi connectivity index (χ4n) is 2.16. The van der Waals surface area contributed by atoms with Gasteiger partial charge in [0, 0.05) is 0 Å². The average molecular weight is 366 g/mol. The van der Waals surface area contributed by atoms with Crippen LogP contribution in [0, 0.1) is 0 Å². The Kier molecular flexibility index (Phi) is 4.89. The number of anilines is 1. The Morgan fingerprint density at radius 2 is 1.92 bits per heavy atom. The van der Waals surface area contributed by atoms with E-state index >= 15 is 0 Å². The summed E-state index contributed by atoms with van der Waals surface area (Å²) < 4.78 is 41.9. The van der Waals surface area contributed by atoms with Gasteiger partial charge in [0.2, 0.25) is 5.91 Å². The van der Waals surface area contributed by atoms with Crippen molar-refractivity contribution in [1.29, 1.82) is 0 Å². The molecule has 0 spiro atoms. The van der Waals surface area contributed by atoms with Crippen molar-refractivity contribution < 1.29 is 22.7 Å². The quantitative estimate of drug-likeness (QED) is 0.727. The highest BCUT2D eigenvalue weighted by Crippen LogP contribution is 2.30. The maximum atomic E-state index is 12.2. The topological polar surface area (TPSA) is 51.2 Å². The van der Waals surface area contributed by atoms with Crippen molar-refractivity contribution in [2.24, 2.45) is 0 Å². The smallest absolute Gasteiger partial charge is 0.422 e. The highest BCUT2D eigenvalue weighted by Gasteiger charge is 2.28. The number of fused-ring (bicyclic) bond motifs is 1. The van der Waals surface area contributed by atoms with E-state index < -0.39 is 12.8 Å². The number of nitrogens with zero attached hydrogens (tertiary/aromatic N) is 1. The molecule has 2 aromatic carbocycles. The summed E-state index contributed by atoms with van der Waals surface area (Å²) in [6.45, 7) is -1.35. The van der Waals surface area contributed by atoms with Crippen LogP contribution in [0.3, 0.4) is 0 Å². The summed E-state index contributed by atoms with van der Waals surface area (Å²) in [5.74, 6) is -0.102. The Balaban J connectivity index is 1.67. The summed E-state index contributed by atoms with van der Waals surface area (Å²) >= 11 is 1.18. The number of carbonyl (C=O) groups excluding carboxylic acids is 1. The summed E-state index contributed by atoms with van der Waals surface area (Å²) in [7, 11) is 0. The molecule has 3 rings (SSSR count). The number of thiazole rings is 1. The molecular formula is C17H13F3N2O2S. The Labute approximate surface area is 145 Å². The lowest BCUT2D eigenvalue weighted by Crippen LogP contribution is -2.19. The first kappa shape index (κ1) is 17.2. The van der Waals surface area contributed by atoms with Crippen LogP contribution in [-0.4, -0.2) is 23.7 Å². The van der Waals surface area contributed by atoms with E-state index in [-0.39, 0.29) is 18.1 Å². The molecule has 0 radical (unpaired) electrons. The zero-order chi connectivity index (χ0) is 17.9. The van der Waals surface area contributed by atoms with Crippen LogP contribution in [0.1, 0.15) is 5.56 Å². The first-order chi connectivity index (χ1) is 11.9. The minimum absolute atomic E-state index is 0.107. The molecule has 3 aromatic rings. The Morgan fingerprint density at radius 1 is 1.16 bits per heavy atom. The first-order valence-electron chi connectivity index (χ1n) is 7.33. The van der Waals surface area contributed by atoms with Crippen LogP contribution < -0.4 is 10.1 Å². The van der Waals surface area contributed by atoms with Crippen LogP contribution in [-0.2, 0) is 11.2 Å². The molecule has 0 bridgehead atoms. The Hall–Kier alpha value is -2.61. The number of halogens is 3. The molecule has 0 aliphatic rings. The molecule has 1 N–H and O–H groups in total. The third kappa shape index (κ3) is 4.93. The van der Waals surface area contributed by atoms with E-state index in [2.05, 4.69) is 10.3 Å². The summed E-state index contributed by atoms with van der Waals surface area (Å²) in [4.78, 5) is 16.3. The van der Waals surface area contributed by atoms with E-state index in [1.165, 1.54) is 23.5 Å². The van der Waals surface area contributed by atoms with Gasteiger partial charge >= 0.3 is 6.18 Å². The lowest BCUT2D eigenvalue weighted by atomic mass is 10.1. The molecular weight excluding hydrogens is 353 g/mol. The molecule has 1 aromatic heterocycles. The molecule has 0 atom stereocenters. The number of amides is 1. The molecule has 1 heterocycles. The zero-order valence-corrected chi connectivity index (χ0v) is 13.7. The van der Waals surface area contributed by atoms with Crippen molar-refractivity contribution in [3.05, 3.63) is 54.1 Å². The molecule has 0 fully saturated rings. The summed E-state index contributed by atoms with van der Waals surface area (Å²) in [6, 6.07) is 13.7. The molecule has 8 heteroatoms. The van der Waals surface area contributed by atoms with E-state index in [0.717, 1.165) is 5.56 Å². The van der Waals surface area contributed by atoms with Gasteiger partial charge in [-0.3, -0.25) is 4.79 Å². The van der Waals surface area contributed by atoms with Crippen LogP contribution >= 0.6 is 11.3 Å². The molecule has 0 aliphatic carbocycles. The molecule has 0 saturated carbocycles. The molecule has 4 nitrogen and oxygen atoms in total. The van der Waals surface area contributed by atoms with Gasteiger partial charge in [-0.2, -0.15) is 13.2 Å². The first-order valence-corrected chi connectivity index (χ1v) is 8.15. The van der Waals surface area contributed by atoms with Gasteiger partial charge in [-0.1, -0.05) is 41.7 Å². The fraction of sp³-hybridized carbons (Fsp3) is 0.176. The second kappa shape index (κ2) is 7.10. The van der Waals surface area contributed by atoms with E-state index in [4.69, 9.17) is 4.74 Å². The standard InChI is InChI=1S/C17H13F3N2O2S/c18-17(19,20)10-24-12-6-7-13-14(9-12)25-16(21-13)22-15(23)8-11-4-2-1-3-5-11/h1-7,9H,8,10H2,(H,21,22,23). The number of carbonyl (C=O) groups is 1. The number of aromatic nitrogens is 1. The second-order valence-electron chi connectivity index (χ2n) is 5.26. The molecule has 0 aliphatic heterocycles. The number of nitrogens with one attached hydrogen (secondary N) is 1. The summed E-state index contributed by atoms with van der Waals surface area (Å²) in [6.07, 6.45) is -4.17. The van der Waals surface area contributed by atoms with Gasteiger partial charge in [0.15, 0.2) is 11.7 Å². The van der Waals surface area contributed by atoms with E-state index in [1.807, 2.05) is 30.3 Å². The van der Waals surface area contributed by atoms with E-state index in [0.29, 0.717) is 15.3 Å². The van der Waals surface area contributed by atoms with Crippen molar-refractivity contribution in [2.75, 3.05) is 11.9 Å². The predicted molar refractivity (Wildman–Crippen MR) is 89.9 cm³/mol. The van der Waals surface area contributed by atoms with Gasteiger partial charge in [-0.15, -0.1) is 0 Å². The Bertz CT molecular complexity index is 878. The molecule has 1 amide bonds. The van der Waals surface area contributed by atoms with E-state index in [9.17, 15) is 18.0 Å². The second-order valence-corrected chi connectivity index (χ2v) is 6.29. The van der Waals surface area contributed by atoms with Crippen LogP contribution in [0.5, 0.6) is 5.75 Å². The predicted octanol–water partition coefficient (Wildman–Crippen LogP) is 4.42. The van der Waals surface area contributed by atoms with Crippen molar-refractivity contribution in [3.63, 3.8) is 0 Å². The largest absolute Gasteiger partial charge is 0.484 e. The van der Waals surface area contributed by atoms with Gasteiger partial charge in [0.05, 0.1) is 16.6 Å². The summed E-state index contributed by atoms with van der Waals surface area (Å²) in [5, 5.41) is 3.10. The highest BCUT2D eigenvalue weighted by atomic mass is 32.1. The lowest BCUT2D eigenvalue weighted by molar-refractivity contribution is -0.153. The lowest BCUT2D eigenvalue weighted by Gasteiger charge is -2.08. The number of benzene rings is 2. The van der Waals surface area contributed by atoms with Crippen molar-refractivity contribution >= 4 is 32.6 Å². The van der Waals surface area contributed by atoms with Crippen molar-refractivity contribution in [2.45, 2.75) is 12.6 Å². The van der Waals surface area contributed by atoms with Crippen molar-refractivity contribution in [3.8, 4) is 5.75 Å². The zero-order valence-electron chi connectivity index (χ0n) is 12.8. The van der Waals surface area contributed by atoms with E-state index in [1.54, 1.807) is 6.07 Å². The average Bonchev–Trinajstić information content (AvgIpc) is 2.94. The SMILES string of the molecule is O=C(Cc1ccccc1)Nc1nc2ccc(OCC(F)(F)F)cc2s1. The maximum Gasteiger partial charge on any atom is 0.422 e. The number of alkyl halides is 3. The molecule has 130 valence electrons. The van der Waals surface area contributed by atoms with Gasteiger partial charge in [-0.25, -0.2) is 4.98 Å². The normalized spacial score (nSPS) is 11.5. The third-order valence-electron chi connectivity index (χ3n) is 3.22. The molecule has 0 saturated heterocycles. The van der Waals surface area contributed by atoms with Crippen LogP contribution in [0.25, 0.3) is 10.2 Å². The van der Waals surface area contributed by atoms with Gasteiger partial charge < -0.3 is 10.1 Å².